The molecule has 0 unspecified atom stereocenters. The summed E-state index contributed by atoms with van der Waals surface area (Å²) < 4.78 is 0. The molecule has 0 aliphatic heterocycles. The van der Waals surface area contributed by atoms with E-state index < -0.39 is 0 Å². The minimum absolute atomic E-state index is 1.03. The molecular weight excluding hydrogens is 316 g/mol. The van der Waals surface area contributed by atoms with Gasteiger partial charge < -0.3 is 10.6 Å². The lowest BCUT2D eigenvalue weighted by molar-refractivity contribution is 1.33. The zero-order valence-electron chi connectivity index (χ0n) is 16.0. The normalized spacial score (nSPS) is 10.5. The summed E-state index contributed by atoms with van der Waals surface area (Å²) in [6.45, 7) is 12.5. The van der Waals surface area contributed by atoms with Crippen LogP contribution in [0, 0.1) is 27.7 Å². The Balaban J connectivity index is 1.98. The third kappa shape index (κ3) is 3.80. The Morgan fingerprint density at radius 2 is 1.27 bits per heavy atom. The molecule has 0 radical (unpaired) electrons. The molecule has 0 saturated heterocycles. The number of nitrogens with one attached hydrogen (secondary N) is 2. The van der Waals surface area contributed by atoms with Gasteiger partial charge in [0.2, 0.25) is 0 Å². The van der Waals surface area contributed by atoms with Crippen molar-refractivity contribution in [2.45, 2.75) is 27.7 Å². The third-order valence-electron chi connectivity index (χ3n) is 4.88. The highest BCUT2D eigenvalue weighted by molar-refractivity contribution is 5.85. The van der Waals surface area contributed by atoms with E-state index in [1.165, 1.54) is 22.3 Å². The van der Waals surface area contributed by atoms with Crippen molar-refractivity contribution in [3.8, 4) is 0 Å². The summed E-state index contributed by atoms with van der Waals surface area (Å²) in [5.74, 6) is 0. The Kier molecular flexibility index (Phi) is 5.13. The fraction of sp³-hybridized carbons (Fsp3) is 0.167. The van der Waals surface area contributed by atoms with E-state index in [1.54, 1.807) is 0 Å². The topological polar surface area (TPSA) is 24.1 Å². The van der Waals surface area contributed by atoms with Gasteiger partial charge in [0.25, 0.3) is 0 Å². The summed E-state index contributed by atoms with van der Waals surface area (Å²) in [6.07, 6.45) is 1.88. The van der Waals surface area contributed by atoms with Gasteiger partial charge in [0.1, 0.15) is 0 Å². The number of hydrogen-bond donors (Lipinski definition) is 2. The van der Waals surface area contributed by atoms with E-state index >= 15 is 0 Å². The number of para-hydroxylation sites is 1. The van der Waals surface area contributed by atoms with Gasteiger partial charge in [-0.1, -0.05) is 36.9 Å². The molecule has 3 rings (SSSR count). The Hall–Kier alpha value is -3.00. The first-order valence-electron chi connectivity index (χ1n) is 8.92. The van der Waals surface area contributed by atoms with Gasteiger partial charge in [0.15, 0.2) is 0 Å². The maximum absolute atomic E-state index is 3.97. The summed E-state index contributed by atoms with van der Waals surface area (Å²) in [5, 5.41) is 7.12. The molecule has 0 aliphatic carbocycles. The Morgan fingerprint density at radius 1 is 0.692 bits per heavy atom. The number of anilines is 4. The molecule has 0 bridgehead atoms. The lowest BCUT2D eigenvalue weighted by Crippen LogP contribution is -2.00. The van der Waals surface area contributed by atoms with Gasteiger partial charge >= 0.3 is 0 Å². The molecule has 0 atom stereocenters. The largest absolute Gasteiger partial charge is 0.354 e. The fourth-order valence-electron chi connectivity index (χ4n) is 2.92. The van der Waals surface area contributed by atoms with Crippen LogP contribution in [0.15, 0.2) is 61.2 Å². The molecule has 3 aromatic carbocycles. The molecule has 2 N–H and O–H groups in total. The van der Waals surface area contributed by atoms with Crippen molar-refractivity contribution >= 4 is 28.8 Å². The molecule has 0 spiro atoms. The zero-order chi connectivity index (χ0) is 18.7. The highest BCUT2D eigenvalue weighted by atomic mass is 15.0. The predicted molar refractivity (Wildman–Crippen MR) is 115 cm³/mol. The first-order chi connectivity index (χ1) is 12.5. The smallest absolute Gasteiger partial charge is 0.0696 e. The average Bonchev–Trinajstić information content (AvgIpc) is 2.62. The quantitative estimate of drug-likeness (QED) is 0.519. The van der Waals surface area contributed by atoms with Gasteiger partial charge in [-0.05, 0) is 85.8 Å². The van der Waals surface area contributed by atoms with Crippen molar-refractivity contribution in [2.24, 2.45) is 0 Å². The first kappa shape index (κ1) is 17.8. The molecule has 0 aliphatic rings. The van der Waals surface area contributed by atoms with Gasteiger partial charge in [-0.25, -0.2) is 0 Å². The molecule has 132 valence electrons. The van der Waals surface area contributed by atoms with Gasteiger partial charge in [-0.3, -0.25) is 0 Å². The SMILES string of the molecule is C=Cc1cccc(Nc2ccc(C)c(C)c2)c1Nc1ccc(C)c(C)c1. The molecule has 0 amide bonds. The number of rotatable bonds is 5. The Morgan fingerprint density at radius 3 is 1.81 bits per heavy atom. The summed E-state index contributed by atoms with van der Waals surface area (Å²) in [4.78, 5) is 0. The van der Waals surface area contributed by atoms with Crippen LogP contribution in [0.4, 0.5) is 22.7 Å². The van der Waals surface area contributed by atoms with Crippen LogP contribution in [-0.4, -0.2) is 0 Å². The van der Waals surface area contributed by atoms with E-state index in [0.29, 0.717) is 0 Å². The van der Waals surface area contributed by atoms with E-state index in [4.69, 9.17) is 0 Å². The second-order valence-corrected chi connectivity index (χ2v) is 6.82. The lowest BCUT2D eigenvalue weighted by atomic mass is 10.1. The van der Waals surface area contributed by atoms with Crippen molar-refractivity contribution in [1.29, 1.82) is 0 Å². The fourth-order valence-corrected chi connectivity index (χ4v) is 2.92. The van der Waals surface area contributed by atoms with Crippen LogP contribution >= 0.6 is 0 Å². The van der Waals surface area contributed by atoms with Crippen LogP contribution < -0.4 is 10.6 Å². The van der Waals surface area contributed by atoms with Crippen LogP contribution in [0.5, 0.6) is 0 Å². The van der Waals surface area contributed by atoms with Crippen LogP contribution in [0.25, 0.3) is 6.08 Å². The third-order valence-corrected chi connectivity index (χ3v) is 4.88. The van der Waals surface area contributed by atoms with Crippen LogP contribution in [0.2, 0.25) is 0 Å². The van der Waals surface area contributed by atoms with E-state index in [0.717, 1.165) is 28.3 Å². The highest BCUT2D eigenvalue weighted by Gasteiger charge is 2.09. The van der Waals surface area contributed by atoms with Crippen LogP contribution in [-0.2, 0) is 0 Å². The van der Waals surface area contributed by atoms with E-state index in [1.807, 2.05) is 12.1 Å². The zero-order valence-corrected chi connectivity index (χ0v) is 16.0. The standard InChI is InChI=1S/C24H26N2/c1-6-20-8-7-9-23(25-21-12-10-16(2)18(4)14-21)24(20)26-22-13-11-17(3)19(5)15-22/h6-15,25-26H,1H2,2-5H3. The van der Waals surface area contributed by atoms with Crippen molar-refractivity contribution in [3.05, 3.63) is 89.0 Å². The van der Waals surface area contributed by atoms with Crippen LogP contribution in [0.1, 0.15) is 27.8 Å². The molecule has 2 nitrogen and oxygen atoms in total. The Labute approximate surface area is 156 Å². The number of hydrogen-bond acceptors (Lipinski definition) is 2. The molecule has 0 aromatic heterocycles. The minimum atomic E-state index is 1.03. The number of aryl methyl sites for hydroxylation is 4. The van der Waals surface area contributed by atoms with Gasteiger partial charge in [-0.2, -0.15) is 0 Å². The average molecular weight is 342 g/mol. The Bertz CT molecular complexity index is 954. The summed E-state index contributed by atoms with van der Waals surface area (Å²) in [5.41, 5.74) is 10.4. The monoisotopic (exact) mass is 342 g/mol. The molecule has 0 fully saturated rings. The van der Waals surface area contributed by atoms with Crippen molar-refractivity contribution in [3.63, 3.8) is 0 Å². The summed E-state index contributed by atoms with van der Waals surface area (Å²) >= 11 is 0. The minimum Gasteiger partial charge on any atom is -0.354 e. The number of benzene rings is 3. The van der Waals surface area contributed by atoms with E-state index in [9.17, 15) is 0 Å². The van der Waals surface area contributed by atoms with Crippen LogP contribution in [0.3, 0.4) is 0 Å². The van der Waals surface area contributed by atoms with Gasteiger partial charge in [-0.15, -0.1) is 0 Å². The van der Waals surface area contributed by atoms with E-state index in [2.05, 4.69) is 93.4 Å². The molecule has 0 heterocycles. The predicted octanol–water partition coefficient (Wildman–Crippen LogP) is 7.05. The molecular formula is C24H26N2. The van der Waals surface area contributed by atoms with Crippen molar-refractivity contribution in [2.75, 3.05) is 10.6 Å². The van der Waals surface area contributed by atoms with Crippen molar-refractivity contribution in [1.82, 2.24) is 0 Å². The maximum atomic E-state index is 3.97. The van der Waals surface area contributed by atoms with Gasteiger partial charge in [0, 0.05) is 11.4 Å². The first-order valence-corrected chi connectivity index (χ1v) is 8.92. The maximum Gasteiger partial charge on any atom is 0.0696 e. The molecule has 2 heteroatoms. The van der Waals surface area contributed by atoms with E-state index in [-0.39, 0.29) is 0 Å². The second-order valence-electron chi connectivity index (χ2n) is 6.82. The molecule has 3 aromatic rings. The summed E-state index contributed by atoms with van der Waals surface area (Å²) in [7, 11) is 0. The van der Waals surface area contributed by atoms with Crippen molar-refractivity contribution < 1.29 is 0 Å². The summed E-state index contributed by atoms with van der Waals surface area (Å²) in [6, 6.07) is 19.1. The highest BCUT2D eigenvalue weighted by Crippen LogP contribution is 2.33. The van der Waals surface area contributed by atoms with Gasteiger partial charge in [0.05, 0.1) is 11.4 Å². The molecule has 26 heavy (non-hydrogen) atoms. The lowest BCUT2D eigenvalue weighted by Gasteiger charge is -2.18. The second kappa shape index (κ2) is 7.49. The molecule has 0 saturated carbocycles.